The summed E-state index contributed by atoms with van der Waals surface area (Å²) >= 11 is 0. The van der Waals surface area contributed by atoms with Crippen LogP contribution < -0.4 is 0 Å². The van der Waals surface area contributed by atoms with Crippen LogP contribution in [0.4, 0.5) is 0 Å². The molecule has 0 unspecified atom stereocenters. The SMILES string of the molecule is CC(=O)O[C@H]1[C@H]2OC(C)(C)OC[C@H]2O[C@H]1CO. The molecule has 0 radical (unpaired) electrons. The number of fused-ring (bicyclic) bond motifs is 1. The number of rotatable bonds is 2. The second-order valence-corrected chi connectivity index (χ2v) is 4.76. The standard InChI is InChI=1S/C11H18O6/c1-6(13)15-9-7(4-12)16-8-5-14-11(2,3)17-10(8)9/h7-10,12H,4-5H2,1-3H3/t7-,8+,9+,10-/m0/s1. The monoisotopic (exact) mass is 246 g/mol. The van der Waals surface area contributed by atoms with Crippen LogP contribution in [0, 0.1) is 0 Å². The molecule has 2 saturated heterocycles. The Labute approximate surface area is 99.8 Å². The molecule has 0 amide bonds. The van der Waals surface area contributed by atoms with E-state index in [2.05, 4.69) is 0 Å². The van der Waals surface area contributed by atoms with Crippen LogP contribution in [0.1, 0.15) is 20.8 Å². The molecule has 17 heavy (non-hydrogen) atoms. The second kappa shape index (κ2) is 4.53. The molecule has 6 nitrogen and oxygen atoms in total. The van der Waals surface area contributed by atoms with Gasteiger partial charge >= 0.3 is 5.97 Å². The van der Waals surface area contributed by atoms with Crippen LogP contribution >= 0.6 is 0 Å². The number of hydrogen-bond acceptors (Lipinski definition) is 6. The lowest BCUT2D eigenvalue weighted by molar-refractivity contribution is -0.300. The van der Waals surface area contributed by atoms with E-state index in [1.54, 1.807) is 13.8 Å². The Morgan fingerprint density at radius 1 is 1.53 bits per heavy atom. The molecule has 98 valence electrons. The number of ether oxygens (including phenoxy) is 4. The Morgan fingerprint density at radius 3 is 2.82 bits per heavy atom. The molecule has 6 heteroatoms. The molecule has 0 bridgehead atoms. The van der Waals surface area contributed by atoms with Crippen LogP contribution in [0.25, 0.3) is 0 Å². The number of carbonyl (C=O) groups excluding carboxylic acids is 1. The first-order valence-corrected chi connectivity index (χ1v) is 5.68. The molecule has 2 rings (SSSR count). The highest BCUT2D eigenvalue weighted by molar-refractivity contribution is 5.66. The van der Waals surface area contributed by atoms with Gasteiger partial charge in [0.15, 0.2) is 11.9 Å². The summed E-state index contributed by atoms with van der Waals surface area (Å²) in [5, 5.41) is 9.21. The van der Waals surface area contributed by atoms with Crippen LogP contribution in [0.15, 0.2) is 0 Å². The molecule has 0 aliphatic carbocycles. The van der Waals surface area contributed by atoms with Gasteiger partial charge in [0.1, 0.15) is 18.3 Å². The zero-order valence-electron chi connectivity index (χ0n) is 10.2. The Bertz CT molecular complexity index is 302. The maximum atomic E-state index is 11.1. The summed E-state index contributed by atoms with van der Waals surface area (Å²) in [4.78, 5) is 11.1. The first-order valence-electron chi connectivity index (χ1n) is 5.68. The van der Waals surface area contributed by atoms with E-state index in [0.717, 1.165) is 0 Å². The van der Waals surface area contributed by atoms with Gasteiger partial charge in [-0.2, -0.15) is 0 Å². The summed E-state index contributed by atoms with van der Waals surface area (Å²) in [6, 6.07) is 0. The molecule has 2 heterocycles. The highest BCUT2D eigenvalue weighted by Crippen LogP contribution is 2.34. The lowest BCUT2D eigenvalue weighted by atomic mass is 10.1. The Hall–Kier alpha value is -0.690. The van der Waals surface area contributed by atoms with Crippen LogP contribution in [0.5, 0.6) is 0 Å². The van der Waals surface area contributed by atoms with Gasteiger partial charge in [0, 0.05) is 6.92 Å². The van der Waals surface area contributed by atoms with E-state index in [4.69, 9.17) is 18.9 Å². The number of esters is 1. The van der Waals surface area contributed by atoms with E-state index >= 15 is 0 Å². The highest BCUT2D eigenvalue weighted by atomic mass is 16.7. The van der Waals surface area contributed by atoms with Crippen molar-refractivity contribution < 1.29 is 28.8 Å². The van der Waals surface area contributed by atoms with Gasteiger partial charge in [-0.05, 0) is 13.8 Å². The zero-order valence-corrected chi connectivity index (χ0v) is 10.2. The minimum Gasteiger partial charge on any atom is -0.457 e. The van der Waals surface area contributed by atoms with Crippen LogP contribution in [0.3, 0.4) is 0 Å². The van der Waals surface area contributed by atoms with Gasteiger partial charge in [0.2, 0.25) is 0 Å². The molecule has 2 fully saturated rings. The summed E-state index contributed by atoms with van der Waals surface area (Å²) in [6.45, 7) is 5.06. The molecule has 0 aromatic rings. The van der Waals surface area contributed by atoms with Gasteiger partial charge in [0.05, 0.1) is 13.2 Å². The number of hydrogen-bond donors (Lipinski definition) is 1. The number of aliphatic hydroxyl groups is 1. The highest BCUT2D eigenvalue weighted by Gasteiger charge is 2.52. The van der Waals surface area contributed by atoms with Crippen molar-refractivity contribution in [2.24, 2.45) is 0 Å². The molecule has 0 aromatic carbocycles. The van der Waals surface area contributed by atoms with Gasteiger partial charge in [0.25, 0.3) is 0 Å². The first-order chi connectivity index (χ1) is 7.93. The largest absolute Gasteiger partial charge is 0.457 e. The van der Waals surface area contributed by atoms with Crippen molar-refractivity contribution in [2.75, 3.05) is 13.2 Å². The predicted octanol–water partition coefficient (Wildman–Crippen LogP) is -0.171. The number of aliphatic hydroxyl groups excluding tert-OH is 1. The van der Waals surface area contributed by atoms with Crippen molar-refractivity contribution in [2.45, 2.75) is 51.0 Å². The topological polar surface area (TPSA) is 74.2 Å². The average molecular weight is 246 g/mol. The summed E-state index contributed by atoms with van der Waals surface area (Å²) < 4.78 is 21.9. The Kier molecular flexibility index (Phi) is 3.40. The Balaban J connectivity index is 2.12. The lowest BCUT2D eigenvalue weighted by Crippen LogP contribution is -2.51. The van der Waals surface area contributed by atoms with Crippen molar-refractivity contribution in [1.82, 2.24) is 0 Å². The molecule has 0 saturated carbocycles. The van der Waals surface area contributed by atoms with E-state index in [1.165, 1.54) is 6.92 Å². The van der Waals surface area contributed by atoms with Crippen LogP contribution in [-0.2, 0) is 23.7 Å². The van der Waals surface area contributed by atoms with Crippen molar-refractivity contribution in [3.63, 3.8) is 0 Å². The first kappa shape index (κ1) is 12.8. The third-order valence-electron chi connectivity index (χ3n) is 2.90. The fraction of sp³-hybridized carbons (Fsp3) is 0.909. The summed E-state index contributed by atoms with van der Waals surface area (Å²) in [6.07, 6.45) is -1.82. The van der Waals surface area contributed by atoms with Crippen molar-refractivity contribution in [3.05, 3.63) is 0 Å². The number of carbonyl (C=O) groups is 1. The Morgan fingerprint density at radius 2 is 2.24 bits per heavy atom. The molecule has 0 spiro atoms. The van der Waals surface area contributed by atoms with Crippen LogP contribution in [-0.4, -0.2) is 54.5 Å². The summed E-state index contributed by atoms with van der Waals surface area (Å²) in [7, 11) is 0. The van der Waals surface area contributed by atoms with Gasteiger partial charge in [-0.3, -0.25) is 4.79 Å². The molecule has 2 aliphatic heterocycles. The smallest absolute Gasteiger partial charge is 0.303 e. The van der Waals surface area contributed by atoms with Gasteiger partial charge in [-0.1, -0.05) is 0 Å². The van der Waals surface area contributed by atoms with E-state index in [-0.39, 0.29) is 18.8 Å². The molecular weight excluding hydrogens is 228 g/mol. The van der Waals surface area contributed by atoms with Crippen molar-refractivity contribution >= 4 is 5.97 Å². The van der Waals surface area contributed by atoms with Gasteiger partial charge in [-0.25, -0.2) is 0 Å². The van der Waals surface area contributed by atoms with Crippen molar-refractivity contribution in [1.29, 1.82) is 0 Å². The fourth-order valence-corrected chi connectivity index (χ4v) is 2.21. The minimum atomic E-state index is -0.729. The maximum absolute atomic E-state index is 11.1. The van der Waals surface area contributed by atoms with Crippen LogP contribution in [0.2, 0.25) is 0 Å². The normalized spacial score (nSPS) is 39.8. The minimum absolute atomic E-state index is 0.214. The lowest BCUT2D eigenvalue weighted by Gasteiger charge is -2.38. The molecular formula is C11H18O6. The second-order valence-electron chi connectivity index (χ2n) is 4.76. The van der Waals surface area contributed by atoms with E-state index in [9.17, 15) is 9.90 Å². The average Bonchev–Trinajstić information content (AvgIpc) is 2.54. The van der Waals surface area contributed by atoms with Gasteiger partial charge < -0.3 is 24.1 Å². The predicted molar refractivity (Wildman–Crippen MR) is 56.2 cm³/mol. The summed E-state index contributed by atoms with van der Waals surface area (Å²) in [5.74, 6) is -1.14. The third-order valence-corrected chi connectivity index (χ3v) is 2.90. The van der Waals surface area contributed by atoms with E-state index in [0.29, 0.717) is 6.61 Å². The zero-order chi connectivity index (χ0) is 12.6. The maximum Gasteiger partial charge on any atom is 0.303 e. The molecule has 4 atom stereocenters. The molecule has 2 aliphatic rings. The third kappa shape index (κ3) is 2.60. The molecule has 0 aromatic heterocycles. The summed E-state index contributed by atoms with van der Waals surface area (Å²) in [5.41, 5.74) is 0. The molecule has 1 N–H and O–H groups in total. The van der Waals surface area contributed by atoms with E-state index in [1.807, 2.05) is 0 Å². The quantitative estimate of drug-likeness (QED) is 0.682. The van der Waals surface area contributed by atoms with E-state index < -0.39 is 24.0 Å². The van der Waals surface area contributed by atoms with Crippen molar-refractivity contribution in [3.8, 4) is 0 Å². The van der Waals surface area contributed by atoms with Gasteiger partial charge in [-0.15, -0.1) is 0 Å². The fourth-order valence-electron chi connectivity index (χ4n) is 2.21.